The molecule has 3 rings (SSSR count). The van der Waals surface area contributed by atoms with Gasteiger partial charge in [-0.2, -0.15) is 0 Å². The first kappa shape index (κ1) is 16.5. The molecule has 2 amide bonds. The highest BCUT2D eigenvalue weighted by molar-refractivity contribution is 6.30. The number of halogens is 1. The van der Waals surface area contributed by atoms with Gasteiger partial charge >= 0.3 is 0 Å². The van der Waals surface area contributed by atoms with Gasteiger partial charge in [-0.1, -0.05) is 11.6 Å². The Kier molecular flexibility index (Phi) is 4.85. The van der Waals surface area contributed by atoms with Crippen molar-refractivity contribution in [2.24, 2.45) is 5.92 Å². The fourth-order valence-corrected chi connectivity index (χ4v) is 2.94. The number of hydrogen-bond acceptors (Lipinski definition) is 4. The van der Waals surface area contributed by atoms with Crippen LogP contribution in [0.25, 0.3) is 0 Å². The molecule has 7 heteroatoms. The number of rotatable bonds is 3. The van der Waals surface area contributed by atoms with Crippen molar-refractivity contribution in [3.8, 4) is 0 Å². The molecule has 1 fully saturated rings. The van der Waals surface area contributed by atoms with Crippen molar-refractivity contribution >= 4 is 29.2 Å². The van der Waals surface area contributed by atoms with Crippen LogP contribution in [-0.4, -0.2) is 34.8 Å². The van der Waals surface area contributed by atoms with Crippen LogP contribution in [0.2, 0.25) is 5.02 Å². The van der Waals surface area contributed by atoms with Gasteiger partial charge in [0.25, 0.3) is 5.91 Å². The standard InChI is InChI=1S/C17H18ClN3O3/c1-11-14(6-8-24-11)17(23)21-7-2-3-12(10-21)16(22)20-15-5-4-13(18)9-19-15/h4-6,8-9,12H,2-3,7,10H2,1H3,(H,19,20,22)/t12-/m1/s1. The number of pyridine rings is 1. The van der Waals surface area contributed by atoms with E-state index < -0.39 is 0 Å². The number of nitrogens with one attached hydrogen (secondary N) is 1. The molecule has 126 valence electrons. The van der Waals surface area contributed by atoms with Crippen LogP contribution in [0.4, 0.5) is 5.82 Å². The van der Waals surface area contributed by atoms with Crippen LogP contribution < -0.4 is 5.32 Å². The summed E-state index contributed by atoms with van der Waals surface area (Å²) in [5.41, 5.74) is 0.551. The number of nitrogens with zero attached hydrogens (tertiary/aromatic N) is 2. The van der Waals surface area contributed by atoms with E-state index in [2.05, 4.69) is 10.3 Å². The maximum absolute atomic E-state index is 12.6. The molecule has 2 aromatic heterocycles. The number of anilines is 1. The Morgan fingerprint density at radius 3 is 2.88 bits per heavy atom. The van der Waals surface area contributed by atoms with Crippen molar-refractivity contribution in [1.29, 1.82) is 0 Å². The molecule has 0 bridgehead atoms. The molecule has 3 heterocycles. The van der Waals surface area contributed by atoms with Gasteiger partial charge in [0.1, 0.15) is 11.6 Å². The number of carbonyl (C=O) groups excluding carboxylic acids is 2. The Bertz CT molecular complexity index is 742. The van der Waals surface area contributed by atoms with Gasteiger partial charge in [-0.15, -0.1) is 0 Å². The number of hydrogen-bond donors (Lipinski definition) is 1. The lowest BCUT2D eigenvalue weighted by molar-refractivity contribution is -0.121. The zero-order valence-electron chi connectivity index (χ0n) is 13.3. The minimum absolute atomic E-state index is 0.0941. The van der Waals surface area contributed by atoms with Gasteiger partial charge < -0.3 is 14.6 Å². The second-order valence-electron chi connectivity index (χ2n) is 5.83. The molecule has 1 atom stereocenters. The maximum atomic E-state index is 12.6. The molecule has 1 aliphatic heterocycles. The summed E-state index contributed by atoms with van der Waals surface area (Å²) in [6.45, 7) is 2.79. The lowest BCUT2D eigenvalue weighted by Gasteiger charge is -2.31. The molecule has 6 nitrogen and oxygen atoms in total. The van der Waals surface area contributed by atoms with Gasteiger partial charge in [0.15, 0.2) is 0 Å². The molecule has 24 heavy (non-hydrogen) atoms. The number of aryl methyl sites for hydroxylation is 1. The lowest BCUT2D eigenvalue weighted by Crippen LogP contribution is -2.43. The van der Waals surface area contributed by atoms with Gasteiger partial charge in [-0.3, -0.25) is 9.59 Å². The van der Waals surface area contributed by atoms with E-state index in [-0.39, 0.29) is 17.7 Å². The number of carbonyl (C=O) groups is 2. The predicted octanol–water partition coefficient (Wildman–Crippen LogP) is 3.13. The SMILES string of the molecule is Cc1occc1C(=O)N1CCC[C@@H](C(=O)Nc2ccc(Cl)cn2)C1. The third-order valence-electron chi connectivity index (χ3n) is 4.15. The van der Waals surface area contributed by atoms with Crippen molar-refractivity contribution in [2.45, 2.75) is 19.8 Å². The number of aromatic nitrogens is 1. The number of furan rings is 1. The van der Waals surface area contributed by atoms with E-state index in [1.807, 2.05) is 0 Å². The summed E-state index contributed by atoms with van der Waals surface area (Å²) < 4.78 is 5.19. The van der Waals surface area contributed by atoms with Crippen molar-refractivity contribution in [3.63, 3.8) is 0 Å². The smallest absolute Gasteiger partial charge is 0.257 e. The van der Waals surface area contributed by atoms with Gasteiger partial charge in [0.2, 0.25) is 5.91 Å². The average molecular weight is 348 g/mol. The van der Waals surface area contributed by atoms with E-state index in [1.54, 1.807) is 30.0 Å². The van der Waals surface area contributed by atoms with E-state index in [1.165, 1.54) is 12.5 Å². The first-order chi connectivity index (χ1) is 11.5. The summed E-state index contributed by atoms with van der Waals surface area (Å²) >= 11 is 5.79. The largest absolute Gasteiger partial charge is 0.469 e. The van der Waals surface area contributed by atoms with E-state index in [0.717, 1.165) is 12.8 Å². The van der Waals surface area contributed by atoms with Gasteiger partial charge in [0, 0.05) is 19.3 Å². The molecule has 1 aliphatic rings. The van der Waals surface area contributed by atoms with Crippen LogP contribution in [0, 0.1) is 12.8 Å². The molecule has 1 N–H and O–H groups in total. The maximum Gasteiger partial charge on any atom is 0.257 e. The molecule has 1 saturated heterocycles. The van der Waals surface area contributed by atoms with Crippen LogP contribution in [0.15, 0.2) is 35.1 Å². The molecule has 0 spiro atoms. The molecular weight excluding hydrogens is 330 g/mol. The minimum Gasteiger partial charge on any atom is -0.469 e. The Hall–Kier alpha value is -2.34. The zero-order valence-corrected chi connectivity index (χ0v) is 14.0. The minimum atomic E-state index is -0.257. The van der Waals surface area contributed by atoms with Crippen molar-refractivity contribution in [3.05, 3.63) is 47.0 Å². The van der Waals surface area contributed by atoms with Crippen LogP contribution in [0.5, 0.6) is 0 Å². The van der Waals surface area contributed by atoms with Crippen LogP contribution in [0.3, 0.4) is 0 Å². The first-order valence-electron chi connectivity index (χ1n) is 7.80. The summed E-state index contributed by atoms with van der Waals surface area (Å²) in [5.74, 6) is 0.567. The number of likely N-dealkylation sites (tertiary alicyclic amines) is 1. The second-order valence-corrected chi connectivity index (χ2v) is 6.27. The number of piperidine rings is 1. The first-order valence-corrected chi connectivity index (χ1v) is 8.18. The Morgan fingerprint density at radius 2 is 2.21 bits per heavy atom. The van der Waals surface area contributed by atoms with Crippen LogP contribution in [0.1, 0.15) is 29.0 Å². The van der Waals surface area contributed by atoms with E-state index in [4.69, 9.17) is 16.0 Å². The summed E-state index contributed by atoms with van der Waals surface area (Å²) in [4.78, 5) is 30.8. The highest BCUT2D eigenvalue weighted by Crippen LogP contribution is 2.22. The van der Waals surface area contributed by atoms with E-state index >= 15 is 0 Å². The lowest BCUT2D eigenvalue weighted by atomic mass is 9.96. The van der Waals surface area contributed by atoms with E-state index in [9.17, 15) is 9.59 Å². The van der Waals surface area contributed by atoms with Gasteiger partial charge in [0.05, 0.1) is 22.8 Å². The summed E-state index contributed by atoms with van der Waals surface area (Å²) in [7, 11) is 0. The normalized spacial score (nSPS) is 17.6. The Balaban J connectivity index is 1.64. The van der Waals surface area contributed by atoms with Crippen LogP contribution >= 0.6 is 11.6 Å². The fraction of sp³-hybridized carbons (Fsp3) is 0.353. The van der Waals surface area contributed by atoms with Crippen molar-refractivity contribution < 1.29 is 14.0 Å². The topological polar surface area (TPSA) is 75.4 Å². The average Bonchev–Trinajstić information content (AvgIpc) is 3.02. The second kappa shape index (κ2) is 7.05. The van der Waals surface area contributed by atoms with Gasteiger partial charge in [-0.25, -0.2) is 4.98 Å². The Morgan fingerprint density at radius 1 is 1.38 bits per heavy atom. The van der Waals surface area contributed by atoms with Gasteiger partial charge in [-0.05, 0) is 38.0 Å². The summed E-state index contributed by atoms with van der Waals surface area (Å²) in [6, 6.07) is 4.99. The number of amides is 2. The molecule has 0 saturated carbocycles. The van der Waals surface area contributed by atoms with E-state index in [0.29, 0.717) is 35.3 Å². The zero-order chi connectivity index (χ0) is 17.1. The molecule has 0 unspecified atom stereocenters. The molecule has 0 radical (unpaired) electrons. The highest BCUT2D eigenvalue weighted by Gasteiger charge is 2.30. The molecule has 0 aliphatic carbocycles. The Labute approximate surface area is 144 Å². The van der Waals surface area contributed by atoms with Crippen molar-refractivity contribution in [1.82, 2.24) is 9.88 Å². The summed E-state index contributed by atoms with van der Waals surface area (Å²) in [5, 5.41) is 3.29. The molecule has 0 aromatic carbocycles. The third kappa shape index (κ3) is 3.59. The quantitative estimate of drug-likeness (QED) is 0.925. The van der Waals surface area contributed by atoms with Crippen LogP contribution in [-0.2, 0) is 4.79 Å². The van der Waals surface area contributed by atoms with Crippen molar-refractivity contribution in [2.75, 3.05) is 18.4 Å². The fourth-order valence-electron chi connectivity index (χ4n) is 2.83. The highest BCUT2D eigenvalue weighted by atomic mass is 35.5. The monoisotopic (exact) mass is 347 g/mol. The third-order valence-corrected chi connectivity index (χ3v) is 4.37. The molecule has 2 aromatic rings. The molecular formula is C17H18ClN3O3. The predicted molar refractivity (Wildman–Crippen MR) is 89.9 cm³/mol. The summed E-state index contributed by atoms with van der Waals surface area (Å²) in [6.07, 6.45) is 4.51.